The molecule has 0 radical (unpaired) electrons. The van der Waals surface area contributed by atoms with E-state index in [4.69, 9.17) is 14.2 Å². The number of thiophene rings is 1. The van der Waals surface area contributed by atoms with Crippen LogP contribution in [0.4, 0.5) is 9.80 Å². The van der Waals surface area contributed by atoms with E-state index in [1.165, 1.54) is 11.3 Å². The Morgan fingerprint density at radius 1 is 1.39 bits per heavy atom. The SMILES string of the molecule is CC.N#Cc1c(NC(=O)CCc2ccccn2)sc2c1CCN(C(=O)OCC1COCO1)C2. The van der Waals surface area contributed by atoms with Gasteiger partial charge in [-0.25, -0.2) is 4.79 Å². The van der Waals surface area contributed by atoms with E-state index in [0.717, 1.165) is 16.1 Å². The van der Waals surface area contributed by atoms with Gasteiger partial charge in [-0.15, -0.1) is 11.3 Å². The highest BCUT2D eigenvalue weighted by molar-refractivity contribution is 7.16. The first-order chi connectivity index (χ1) is 16.1. The van der Waals surface area contributed by atoms with Crippen LogP contribution < -0.4 is 5.32 Å². The number of hydrogen-bond acceptors (Lipinski definition) is 8. The topological polar surface area (TPSA) is 114 Å². The average molecular weight is 473 g/mol. The first kappa shape index (κ1) is 24.6. The van der Waals surface area contributed by atoms with E-state index < -0.39 is 6.09 Å². The predicted molar refractivity (Wildman–Crippen MR) is 123 cm³/mol. The largest absolute Gasteiger partial charge is 0.447 e. The summed E-state index contributed by atoms with van der Waals surface area (Å²) in [6.07, 6.45) is 2.37. The Kier molecular flexibility index (Phi) is 9.18. The third kappa shape index (κ3) is 6.51. The predicted octanol–water partition coefficient (Wildman–Crippen LogP) is 3.48. The van der Waals surface area contributed by atoms with Crippen LogP contribution in [0.3, 0.4) is 0 Å². The van der Waals surface area contributed by atoms with Crippen LogP contribution in [0.5, 0.6) is 0 Å². The first-order valence-corrected chi connectivity index (χ1v) is 11.8. The van der Waals surface area contributed by atoms with Crippen molar-refractivity contribution in [2.45, 2.75) is 45.8 Å². The molecule has 0 spiro atoms. The molecule has 1 unspecified atom stereocenters. The number of anilines is 1. The lowest BCUT2D eigenvalue weighted by atomic mass is 10.0. The number of ether oxygens (including phenoxy) is 3. The molecule has 2 aromatic heterocycles. The Morgan fingerprint density at radius 2 is 2.24 bits per heavy atom. The third-order valence-corrected chi connectivity index (χ3v) is 6.23. The average Bonchev–Trinajstić information content (AvgIpc) is 3.50. The lowest BCUT2D eigenvalue weighted by molar-refractivity contribution is -0.116. The molecule has 0 bridgehead atoms. The molecule has 1 N–H and O–H groups in total. The zero-order chi connectivity index (χ0) is 23.6. The van der Waals surface area contributed by atoms with Gasteiger partial charge in [0.2, 0.25) is 5.91 Å². The molecule has 9 nitrogen and oxygen atoms in total. The summed E-state index contributed by atoms with van der Waals surface area (Å²) in [5.74, 6) is -0.171. The molecule has 1 atom stereocenters. The Bertz CT molecular complexity index is 983. The monoisotopic (exact) mass is 472 g/mol. The van der Waals surface area contributed by atoms with Gasteiger partial charge in [-0.3, -0.25) is 9.78 Å². The van der Waals surface area contributed by atoms with E-state index in [2.05, 4.69) is 16.4 Å². The van der Waals surface area contributed by atoms with Gasteiger partial charge in [0.15, 0.2) is 0 Å². The number of hydrogen-bond donors (Lipinski definition) is 1. The summed E-state index contributed by atoms with van der Waals surface area (Å²) in [6.45, 7) is 5.58. The van der Waals surface area contributed by atoms with Crippen molar-refractivity contribution in [3.05, 3.63) is 46.1 Å². The minimum absolute atomic E-state index is 0.146. The fourth-order valence-electron chi connectivity index (χ4n) is 3.47. The first-order valence-electron chi connectivity index (χ1n) is 11.0. The number of carbonyl (C=O) groups is 2. The number of rotatable bonds is 6. The second kappa shape index (κ2) is 12.3. The van der Waals surface area contributed by atoms with E-state index in [1.807, 2.05) is 32.0 Å². The van der Waals surface area contributed by atoms with Crippen molar-refractivity contribution in [1.82, 2.24) is 9.88 Å². The molecular weight excluding hydrogens is 444 g/mol. The number of aryl methyl sites for hydroxylation is 1. The number of pyridine rings is 1. The van der Waals surface area contributed by atoms with Crippen LogP contribution in [0, 0.1) is 11.3 Å². The summed E-state index contributed by atoms with van der Waals surface area (Å²) in [5, 5.41) is 13.0. The summed E-state index contributed by atoms with van der Waals surface area (Å²) < 4.78 is 15.7. The summed E-state index contributed by atoms with van der Waals surface area (Å²) >= 11 is 1.34. The van der Waals surface area contributed by atoms with Crippen LogP contribution in [0.25, 0.3) is 0 Å². The van der Waals surface area contributed by atoms with Crippen molar-refractivity contribution in [3.8, 4) is 6.07 Å². The fourth-order valence-corrected chi connectivity index (χ4v) is 4.70. The number of nitrogens with zero attached hydrogens (tertiary/aromatic N) is 3. The van der Waals surface area contributed by atoms with Gasteiger partial charge in [0, 0.05) is 29.7 Å². The molecule has 0 saturated carbocycles. The minimum atomic E-state index is -0.422. The van der Waals surface area contributed by atoms with Gasteiger partial charge in [0.05, 0.1) is 18.7 Å². The maximum absolute atomic E-state index is 12.4. The smallest absolute Gasteiger partial charge is 0.410 e. The number of carbonyl (C=O) groups excluding carboxylic acids is 2. The molecule has 4 heterocycles. The van der Waals surface area contributed by atoms with Crippen LogP contribution in [0.1, 0.15) is 42.0 Å². The minimum Gasteiger partial charge on any atom is -0.447 e. The van der Waals surface area contributed by atoms with Crippen LogP contribution in [0.15, 0.2) is 24.4 Å². The van der Waals surface area contributed by atoms with Crippen LogP contribution in [-0.2, 0) is 38.4 Å². The van der Waals surface area contributed by atoms with Crippen LogP contribution in [0.2, 0.25) is 0 Å². The van der Waals surface area contributed by atoms with Gasteiger partial charge >= 0.3 is 6.09 Å². The second-order valence-corrected chi connectivity index (χ2v) is 8.32. The van der Waals surface area contributed by atoms with Gasteiger partial charge in [0.1, 0.15) is 30.6 Å². The second-order valence-electron chi connectivity index (χ2n) is 7.21. The summed E-state index contributed by atoms with van der Waals surface area (Å²) in [6, 6.07) is 7.79. The Balaban J connectivity index is 0.00000149. The molecule has 2 amide bonds. The Labute approximate surface area is 197 Å². The fraction of sp³-hybridized carbons (Fsp3) is 0.478. The van der Waals surface area contributed by atoms with E-state index in [-0.39, 0.29) is 31.8 Å². The molecular formula is C23H28N4O5S. The molecule has 33 heavy (non-hydrogen) atoms. The number of nitriles is 1. The lowest BCUT2D eigenvalue weighted by Crippen LogP contribution is -2.37. The number of amides is 2. The van der Waals surface area contributed by atoms with Crippen molar-refractivity contribution in [2.75, 3.05) is 31.9 Å². The van der Waals surface area contributed by atoms with Crippen molar-refractivity contribution < 1.29 is 23.8 Å². The van der Waals surface area contributed by atoms with Gasteiger partial charge in [-0.1, -0.05) is 19.9 Å². The van der Waals surface area contributed by atoms with Crippen molar-refractivity contribution in [1.29, 1.82) is 5.26 Å². The van der Waals surface area contributed by atoms with E-state index >= 15 is 0 Å². The lowest BCUT2D eigenvalue weighted by Gasteiger charge is -2.26. The molecule has 2 aliphatic rings. The Hall–Kier alpha value is -3.00. The highest BCUT2D eigenvalue weighted by Crippen LogP contribution is 2.37. The van der Waals surface area contributed by atoms with Crippen molar-refractivity contribution >= 4 is 28.3 Å². The summed E-state index contributed by atoms with van der Waals surface area (Å²) in [7, 11) is 0. The van der Waals surface area contributed by atoms with Gasteiger partial charge < -0.3 is 24.4 Å². The van der Waals surface area contributed by atoms with Crippen molar-refractivity contribution in [3.63, 3.8) is 0 Å². The maximum atomic E-state index is 12.4. The van der Waals surface area contributed by atoms with Gasteiger partial charge in [-0.2, -0.15) is 5.26 Å². The standard InChI is InChI=1S/C21H22N4O5S.C2H6/c22-9-17-16-6-8-25(21(27)29-12-15-11-28-13-30-15)10-18(16)31-20(17)24-19(26)5-4-14-3-1-2-7-23-14;1-2/h1-3,7,15H,4-6,8,10-13H2,(H,24,26);1-2H3. The van der Waals surface area contributed by atoms with Gasteiger partial charge in [0.25, 0.3) is 0 Å². The maximum Gasteiger partial charge on any atom is 0.410 e. The molecule has 1 fully saturated rings. The molecule has 176 valence electrons. The zero-order valence-corrected chi connectivity index (χ0v) is 19.7. The zero-order valence-electron chi connectivity index (χ0n) is 18.8. The number of aromatic nitrogens is 1. The summed E-state index contributed by atoms with van der Waals surface area (Å²) in [5.41, 5.74) is 2.21. The molecule has 0 aromatic carbocycles. The van der Waals surface area contributed by atoms with E-state index in [1.54, 1.807) is 11.1 Å². The highest BCUT2D eigenvalue weighted by atomic mass is 32.1. The number of fused-ring (bicyclic) bond motifs is 1. The quantitative estimate of drug-likeness (QED) is 0.685. The molecule has 1 saturated heterocycles. The third-order valence-electron chi connectivity index (χ3n) is 5.10. The van der Waals surface area contributed by atoms with Crippen molar-refractivity contribution in [2.24, 2.45) is 0 Å². The van der Waals surface area contributed by atoms with E-state index in [9.17, 15) is 14.9 Å². The normalized spacial score (nSPS) is 16.8. The summed E-state index contributed by atoms with van der Waals surface area (Å²) in [4.78, 5) is 31.5. The Morgan fingerprint density at radius 3 is 2.94 bits per heavy atom. The molecule has 4 rings (SSSR count). The molecule has 0 aliphatic carbocycles. The molecule has 2 aromatic rings. The van der Waals surface area contributed by atoms with Crippen LogP contribution >= 0.6 is 11.3 Å². The highest BCUT2D eigenvalue weighted by Gasteiger charge is 2.29. The van der Waals surface area contributed by atoms with E-state index in [0.29, 0.717) is 43.1 Å². The van der Waals surface area contributed by atoms with Gasteiger partial charge in [-0.05, 0) is 30.5 Å². The molecule has 10 heteroatoms. The number of nitrogens with one attached hydrogen (secondary N) is 1. The molecule has 2 aliphatic heterocycles. The van der Waals surface area contributed by atoms with Crippen LogP contribution in [-0.4, -0.2) is 54.5 Å².